The molecule has 4 heteroatoms. The molecule has 0 radical (unpaired) electrons. The molecule has 1 N–H and O–H groups in total. The van der Waals surface area contributed by atoms with Crippen LogP contribution in [0.15, 0.2) is 18.2 Å². The van der Waals surface area contributed by atoms with Gasteiger partial charge in [0.1, 0.15) is 13.2 Å². The standard InChI is InChI=1S/C14H18O4/c15-13(10-3-2-6-16-9-10)11-4-1-5-12-14(11)18-8-7-17-12/h1,4-5,10,13,15H,2-3,6-9H2. The Labute approximate surface area is 106 Å². The van der Waals surface area contributed by atoms with E-state index in [0.29, 0.717) is 25.6 Å². The van der Waals surface area contributed by atoms with Crippen LogP contribution in [0.1, 0.15) is 24.5 Å². The van der Waals surface area contributed by atoms with Crippen LogP contribution < -0.4 is 9.47 Å². The van der Waals surface area contributed by atoms with Gasteiger partial charge in [-0.3, -0.25) is 0 Å². The van der Waals surface area contributed by atoms with Crippen molar-refractivity contribution in [3.63, 3.8) is 0 Å². The van der Waals surface area contributed by atoms with Crippen LogP contribution in [0.5, 0.6) is 11.5 Å². The zero-order valence-electron chi connectivity index (χ0n) is 10.3. The summed E-state index contributed by atoms with van der Waals surface area (Å²) in [7, 11) is 0. The second-order valence-corrected chi connectivity index (χ2v) is 4.79. The van der Waals surface area contributed by atoms with Crippen molar-refractivity contribution in [2.45, 2.75) is 18.9 Å². The van der Waals surface area contributed by atoms with E-state index in [-0.39, 0.29) is 5.92 Å². The normalized spacial score (nSPS) is 24.6. The Hall–Kier alpha value is -1.26. The van der Waals surface area contributed by atoms with Crippen LogP contribution in [0, 0.1) is 5.92 Å². The first-order valence-corrected chi connectivity index (χ1v) is 6.50. The average molecular weight is 250 g/mol. The molecule has 1 aromatic carbocycles. The molecule has 18 heavy (non-hydrogen) atoms. The second kappa shape index (κ2) is 5.16. The SMILES string of the molecule is OC(c1cccc2c1OCCO2)C1CCCOC1. The highest BCUT2D eigenvalue weighted by Gasteiger charge is 2.28. The van der Waals surface area contributed by atoms with Crippen LogP contribution in [-0.2, 0) is 4.74 Å². The highest BCUT2D eigenvalue weighted by molar-refractivity contribution is 5.48. The molecule has 2 heterocycles. The van der Waals surface area contributed by atoms with Gasteiger partial charge in [-0.25, -0.2) is 0 Å². The number of hydrogen-bond donors (Lipinski definition) is 1. The van der Waals surface area contributed by atoms with Crippen LogP contribution >= 0.6 is 0 Å². The molecule has 0 aliphatic carbocycles. The van der Waals surface area contributed by atoms with E-state index in [1.165, 1.54) is 0 Å². The van der Waals surface area contributed by atoms with Crippen molar-refractivity contribution in [2.75, 3.05) is 26.4 Å². The Morgan fingerprint density at radius 1 is 1.17 bits per heavy atom. The van der Waals surface area contributed by atoms with Crippen molar-refractivity contribution in [1.29, 1.82) is 0 Å². The summed E-state index contributed by atoms with van der Waals surface area (Å²) in [5.41, 5.74) is 0.822. The molecule has 2 atom stereocenters. The summed E-state index contributed by atoms with van der Waals surface area (Å²) in [6.07, 6.45) is 1.46. The van der Waals surface area contributed by atoms with E-state index in [0.717, 1.165) is 30.8 Å². The summed E-state index contributed by atoms with van der Waals surface area (Å²) in [4.78, 5) is 0. The first-order valence-electron chi connectivity index (χ1n) is 6.50. The maximum Gasteiger partial charge on any atom is 0.167 e. The fraction of sp³-hybridized carbons (Fsp3) is 0.571. The topological polar surface area (TPSA) is 47.9 Å². The summed E-state index contributed by atoms with van der Waals surface area (Å²) in [6, 6.07) is 5.69. The molecule has 0 saturated carbocycles. The molecule has 2 unspecified atom stereocenters. The zero-order valence-corrected chi connectivity index (χ0v) is 10.3. The van der Waals surface area contributed by atoms with E-state index in [4.69, 9.17) is 14.2 Å². The second-order valence-electron chi connectivity index (χ2n) is 4.79. The van der Waals surface area contributed by atoms with Crippen LogP contribution in [0.2, 0.25) is 0 Å². The van der Waals surface area contributed by atoms with Gasteiger partial charge in [0.25, 0.3) is 0 Å². The summed E-state index contributed by atoms with van der Waals surface area (Å²) in [5.74, 6) is 1.58. The summed E-state index contributed by atoms with van der Waals surface area (Å²) in [5, 5.41) is 10.5. The molecule has 0 amide bonds. The quantitative estimate of drug-likeness (QED) is 0.871. The first kappa shape index (κ1) is 11.8. The van der Waals surface area contributed by atoms with Crippen LogP contribution in [0.4, 0.5) is 0 Å². The molecule has 1 fully saturated rings. The third-order valence-electron chi connectivity index (χ3n) is 3.56. The Balaban J connectivity index is 1.86. The molecule has 2 aliphatic rings. The molecule has 98 valence electrons. The minimum atomic E-state index is -0.540. The maximum atomic E-state index is 10.5. The van der Waals surface area contributed by atoms with E-state index in [1.54, 1.807) is 0 Å². The number of aliphatic hydroxyl groups excluding tert-OH is 1. The fourth-order valence-electron chi connectivity index (χ4n) is 2.60. The van der Waals surface area contributed by atoms with Crippen molar-refractivity contribution in [2.24, 2.45) is 5.92 Å². The molecule has 2 aliphatic heterocycles. The maximum absolute atomic E-state index is 10.5. The smallest absolute Gasteiger partial charge is 0.167 e. The van der Waals surface area contributed by atoms with Crippen molar-refractivity contribution in [3.05, 3.63) is 23.8 Å². The number of para-hydroxylation sites is 1. The summed E-state index contributed by atoms with van der Waals surface area (Å²) < 4.78 is 16.6. The Morgan fingerprint density at radius 2 is 2.06 bits per heavy atom. The van der Waals surface area contributed by atoms with E-state index >= 15 is 0 Å². The number of benzene rings is 1. The van der Waals surface area contributed by atoms with Crippen molar-refractivity contribution < 1.29 is 19.3 Å². The molecule has 3 rings (SSSR count). The largest absolute Gasteiger partial charge is 0.486 e. The number of fused-ring (bicyclic) bond motifs is 1. The van der Waals surface area contributed by atoms with Crippen molar-refractivity contribution in [1.82, 2.24) is 0 Å². The van der Waals surface area contributed by atoms with Gasteiger partial charge >= 0.3 is 0 Å². The van der Waals surface area contributed by atoms with Gasteiger partial charge in [0.05, 0.1) is 12.7 Å². The third-order valence-corrected chi connectivity index (χ3v) is 3.56. The molecule has 0 bridgehead atoms. The summed E-state index contributed by atoms with van der Waals surface area (Å²) >= 11 is 0. The Morgan fingerprint density at radius 3 is 2.89 bits per heavy atom. The van der Waals surface area contributed by atoms with E-state index in [9.17, 15) is 5.11 Å². The Kier molecular flexibility index (Phi) is 3.39. The van der Waals surface area contributed by atoms with Crippen molar-refractivity contribution in [3.8, 4) is 11.5 Å². The minimum absolute atomic E-state index is 0.149. The molecular formula is C14H18O4. The average Bonchev–Trinajstić information content (AvgIpc) is 2.47. The number of aliphatic hydroxyl groups is 1. The van der Waals surface area contributed by atoms with E-state index in [1.807, 2.05) is 18.2 Å². The molecule has 1 saturated heterocycles. The van der Waals surface area contributed by atoms with Gasteiger partial charge in [-0.1, -0.05) is 12.1 Å². The van der Waals surface area contributed by atoms with Gasteiger partial charge in [-0.05, 0) is 18.9 Å². The third kappa shape index (κ3) is 2.18. The van der Waals surface area contributed by atoms with Gasteiger partial charge in [0, 0.05) is 18.1 Å². The zero-order chi connectivity index (χ0) is 12.4. The molecule has 1 aromatic rings. The number of hydrogen-bond acceptors (Lipinski definition) is 4. The molecule has 0 aromatic heterocycles. The van der Waals surface area contributed by atoms with E-state index in [2.05, 4.69) is 0 Å². The lowest BCUT2D eigenvalue weighted by molar-refractivity contribution is -0.0115. The summed E-state index contributed by atoms with van der Waals surface area (Å²) in [6.45, 7) is 2.53. The lowest BCUT2D eigenvalue weighted by atomic mass is 9.90. The minimum Gasteiger partial charge on any atom is -0.486 e. The molecule has 4 nitrogen and oxygen atoms in total. The van der Waals surface area contributed by atoms with Gasteiger partial charge in [-0.15, -0.1) is 0 Å². The van der Waals surface area contributed by atoms with Crippen LogP contribution in [-0.4, -0.2) is 31.5 Å². The van der Waals surface area contributed by atoms with E-state index < -0.39 is 6.10 Å². The van der Waals surface area contributed by atoms with Gasteiger partial charge in [0.2, 0.25) is 0 Å². The lowest BCUT2D eigenvalue weighted by Crippen LogP contribution is -2.25. The lowest BCUT2D eigenvalue weighted by Gasteiger charge is -2.29. The van der Waals surface area contributed by atoms with Crippen molar-refractivity contribution >= 4 is 0 Å². The Bertz CT molecular complexity index is 412. The van der Waals surface area contributed by atoms with Crippen LogP contribution in [0.3, 0.4) is 0 Å². The molecular weight excluding hydrogens is 232 g/mol. The number of rotatable bonds is 2. The van der Waals surface area contributed by atoms with Crippen LogP contribution in [0.25, 0.3) is 0 Å². The predicted octanol–water partition coefficient (Wildman–Crippen LogP) is 1.92. The fourth-order valence-corrected chi connectivity index (χ4v) is 2.60. The first-order chi connectivity index (χ1) is 8.86. The van der Waals surface area contributed by atoms with Gasteiger partial charge < -0.3 is 19.3 Å². The predicted molar refractivity (Wildman–Crippen MR) is 65.9 cm³/mol. The van der Waals surface area contributed by atoms with Gasteiger partial charge in [-0.2, -0.15) is 0 Å². The monoisotopic (exact) mass is 250 g/mol. The highest BCUT2D eigenvalue weighted by Crippen LogP contribution is 2.40. The molecule has 0 spiro atoms. The highest BCUT2D eigenvalue weighted by atomic mass is 16.6. The van der Waals surface area contributed by atoms with Gasteiger partial charge in [0.15, 0.2) is 11.5 Å². The number of ether oxygens (including phenoxy) is 3.